The molecule has 0 fully saturated rings. The van der Waals surface area contributed by atoms with Gasteiger partial charge in [-0.05, 0) is 182 Å². The lowest BCUT2D eigenvalue weighted by molar-refractivity contribution is -0.140. The van der Waals surface area contributed by atoms with Gasteiger partial charge in [0.1, 0.15) is 46.0 Å². The topological polar surface area (TPSA) is 230 Å². The molecule has 0 radical (unpaired) electrons. The molecule has 0 spiro atoms. The van der Waals surface area contributed by atoms with E-state index in [1.165, 1.54) is 7.11 Å². The summed E-state index contributed by atoms with van der Waals surface area (Å²) in [5, 5.41) is 72.7. The van der Waals surface area contributed by atoms with Gasteiger partial charge in [-0.15, -0.1) is 0 Å². The van der Waals surface area contributed by atoms with Crippen LogP contribution in [0.25, 0.3) is 0 Å². The molecule has 0 aliphatic heterocycles. The summed E-state index contributed by atoms with van der Waals surface area (Å²) in [6.45, 7) is 12.7. The molecule has 7 rings (SSSR count). The van der Waals surface area contributed by atoms with Gasteiger partial charge < -0.3 is 54.7 Å². The van der Waals surface area contributed by atoms with Gasteiger partial charge in [0.05, 0.1) is 7.11 Å². The molecule has 0 aliphatic rings. The van der Waals surface area contributed by atoms with Crippen LogP contribution in [0, 0.1) is 55.4 Å². The standard InChI is InChI=1S/C61H62O14/c1-31-18-50(62)35(5)14-44(31)59(45-15-36(6)51(63)19-32(45)2)48-24-39(10-12-54(48)73-28-56(66)67)22-41-26-43(72-9)27-42(61(41)75-30-58(70)71)23-40-11-13-55(74-29-57(68)69)49(25-40)60(46-16-37(7)52(64)20-33(46)3)47-17-38(8)53(65)21-34(47)4/h10-21,24-27,59-60,62-65H,22-23,28-30H2,1-9H3,(H,66,67)(H,68,69)(H,70,71). The number of phenols is 4. The van der Waals surface area contributed by atoms with E-state index in [0.717, 1.165) is 44.5 Å². The number of carbonyl (C=O) groups is 3. The molecule has 7 aromatic rings. The van der Waals surface area contributed by atoms with Crippen molar-refractivity contribution in [3.8, 4) is 46.0 Å². The Morgan fingerprint density at radius 2 is 0.707 bits per heavy atom. The minimum atomic E-state index is -1.21. The molecule has 14 nitrogen and oxygen atoms in total. The molecule has 390 valence electrons. The van der Waals surface area contributed by atoms with Crippen LogP contribution in [0.1, 0.15) is 112 Å². The Hall–Kier alpha value is -8.65. The highest BCUT2D eigenvalue weighted by atomic mass is 16.5. The predicted molar refractivity (Wildman–Crippen MR) is 283 cm³/mol. The Morgan fingerprint density at radius 1 is 0.400 bits per heavy atom. The van der Waals surface area contributed by atoms with Crippen LogP contribution in [0.2, 0.25) is 0 Å². The van der Waals surface area contributed by atoms with Crippen molar-refractivity contribution in [3.05, 3.63) is 197 Å². The maximum atomic E-state index is 12.3. The second kappa shape index (κ2) is 22.6. The summed E-state index contributed by atoms with van der Waals surface area (Å²) in [7, 11) is 1.52. The fraction of sp³-hybridized carbons (Fsp3) is 0.262. The molecule has 0 saturated heterocycles. The van der Waals surface area contributed by atoms with Gasteiger partial charge in [0.25, 0.3) is 0 Å². The number of methoxy groups -OCH3 is 1. The van der Waals surface area contributed by atoms with Gasteiger partial charge in [-0.2, -0.15) is 0 Å². The quantitative estimate of drug-likeness (QED) is 0.0352. The normalized spacial score (nSPS) is 11.2. The van der Waals surface area contributed by atoms with Crippen molar-refractivity contribution in [2.75, 3.05) is 26.9 Å². The summed E-state index contributed by atoms with van der Waals surface area (Å²) in [4.78, 5) is 36.2. The zero-order valence-electron chi connectivity index (χ0n) is 43.4. The first-order valence-electron chi connectivity index (χ1n) is 24.2. The lowest BCUT2D eigenvalue weighted by Crippen LogP contribution is -2.15. The number of phenolic OH excluding ortho intramolecular Hbond substituents is 4. The van der Waals surface area contributed by atoms with Crippen molar-refractivity contribution in [2.45, 2.75) is 80.1 Å². The van der Waals surface area contributed by atoms with Crippen molar-refractivity contribution in [1.29, 1.82) is 0 Å². The van der Waals surface area contributed by atoms with Gasteiger partial charge in [-0.25, -0.2) is 14.4 Å². The number of hydrogen-bond donors (Lipinski definition) is 7. The highest BCUT2D eigenvalue weighted by Gasteiger charge is 2.29. The molecule has 0 aromatic heterocycles. The molecule has 14 heteroatoms. The van der Waals surface area contributed by atoms with Crippen LogP contribution in [0.5, 0.6) is 46.0 Å². The predicted octanol–water partition coefficient (Wildman–Crippen LogP) is 10.9. The Balaban J connectivity index is 1.42. The molecule has 0 atom stereocenters. The fourth-order valence-electron chi connectivity index (χ4n) is 9.81. The number of aromatic hydroxyl groups is 4. The van der Waals surface area contributed by atoms with E-state index in [4.69, 9.17) is 18.9 Å². The van der Waals surface area contributed by atoms with Crippen LogP contribution in [-0.2, 0) is 27.2 Å². The minimum absolute atomic E-state index is 0.107. The first-order valence-corrected chi connectivity index (χ1v) is 24.2. The Morgan fingerprint density at radius 3 is 1.00 bits per heavy atom. The van der Waals surface area contributed by atoms with Crippen molar-refractivity contribution >= 4 is 17.9 Å². The summed E-state index contributed by atoms with van der Waals surface area (Å²) in [6.07, 6.45) is 0.320. The SMILES string of the molecule is COc1cc(Cc2ccc(OCC(=O)O)c(C(c3cc(C)c(O)cc3C)c3cc(C)c(O)cc3C)c2)c(OCC(=O)O)c(Cc2ccc(OCC(=O)O)c(C(c3cc(C)c(O)cc3C)c3cc(C)c(O)cc3C)c2)c1. The number of carboxylic acids is 3. The Kier molecular flexibility index (Phi) is 16.3. The monoisotopic (exact) mass is 1020 g/mol. The summed E-state index contributed by atoms with van der Waals surface area (Å²) >= 11 is 0. The maximum absolute atomic E-state index is 12.3. The molecular formula is C61H62O14. The molecule has 75 heavy (non-hydrogen) atoms. The molecule has 7 N–H and O–H groups in total. The zero-order chi connectivity index (χ0) is 54.6. The number of ether oxygens (including phenoxy) is 4. The van der Waals surface area contributed by atoms with E-state index in [9.17, 15) is 50.1 Å². The molecule has 0 unspecified atom stereocenters. The van der Waals surface area contributed by atoms with Crippen LogP contribution in [0.4, 0.5) is 0 Å². The van der Waals surface area contributed by atoms with Crippen molar-refractivity contribution < 1.29 is 69.1 Å². The summed E-state index contributed by atoms with van der Waals surface area (Å²) in [5.74, 6) is -3.05. The molecule has 0 aliphatic carbocycles. The molecule has 0 saturated carbocycles. The van der Waals surface area contributed by atoms with Crippen molar-refractivity contribution in [3.63, 3.8) is 0 Å². The Bertz CT molecular complexity index is 3030. The third-order valence-electron chi connectivity index (χ3n) is 13.6. The summed E-state index contributed by atoms with van der Waals surface area (Å²) < 4.78 is 24.1. The second-order valence-electron chi connectivity index (χ2n) is 19.3. The molecular weight excluding hydrogens is 957 g/mol. The van der Waals surface area contributed by atoms with Crippen molar-refractivity contribution in [2.24, 2.45) is 0 Å². The van der Waals surface area contributed by atoms with Gasteiger partial charge in [0.15, 0.2) is 19.8 Å². The second-order valence-corrected chi connectivity index (χ2v) is 19.3. The van der Waals surface area contributed by atoms with Crippen LogP contribution >= 0.6 is 0 Å². The highest BCUT2D eigenvalue weighted by molar-refractivity contribution is 5.70. The van der Waals surface area contributed by atoms with Crippen LogP contribution in [-0.4, -0.2) is 80.6 Å². The number of carboxylic acid groups (broad SMARTS) is 3. The first kappa shape index (κ1) is 54.1. The van der Waals surface area contributed by atoms with Crippen LogP contribution < -0.4 is 18.9 Å². The Labute approximate surface area is 435 Å². The third-order valence-corrected chi connectivity index (χ3v) is 13.6. The summed E-state index contributed by atoms with van der Waals surface area (Å²) in [5.41, 5.74) is 12.4. The average Bonchev–Trinajstić information content (AvgIpc) is 3.34. The maximum Gasteiger partial charge on any atom is 0.341 e. The van der Waals surface area contributed by atoms with E-state index in [-0.39, 0.29) is 53.1 Å². The van der Waals surface area contributed by atoms with E-state index in [1.807, 2.05) is 64.1 Å². The van der Waals surface area contributed by atoms with E-state index in [2.05, 4.69) is 0 Å². The smallest absolute Gasteiger partial charge is 0.341 e. The first-order chi connectivity index (χ1) is 35.5. The van der Waals surface area contributed by atoms with Gasteiger partial charge in [0, 0.05) is 46.9 Å². The molecule has 7 aromatic carbocycles. The van der Waals surface area contributed by atoms with Crippen molar-refractivity contribution in [1.82, 2.24) is 0 Å². The van der Waals surface area contributed by atoms with Gasteiger partial charge >= 0.3 is 17.9 Å². The fourth-order valence-corrected chi connectivity index (χ4v) is 9.81. The largest absolute Gasteiger partial charge is 0.508 e. The van der Waals surface area contributed by atoms with E-state index in [0.29, 0.717) is 61.4 Å². The highest BCUT2D eigenvalue weighted by Crippen LogP contribution is 2.46. The van der Waals surface area contributed by atoms with Crippen LogP contribution in [0.3, 0.4) is 0 Å². The van der Waals surface area contributed by atoms with Gasteiger partial charge in [-0.3, -0.25) is 0 Å². The number of aliphatic carboxylic acids is 3. The van der Waals surface area contributed by atoms with Crippen LogP contribution in [0.15, 0.2) is 97.1 Å². The van der Waals surface area contributed by atoms with Gasteiger partial charge in [0.2, 0.25) is 0 Å². The zero-order valence-corrected chi connectivity index (χ0v) is 43.4. The molecule has 0 bridgehead atoms. The van der Waals surface area contributed by atoms with E-state index in [1.54, 1.807) is 88.4 Å². The lowest BCUT2D eigenvalue weighted by Gasteiger charge is -2.27. The third kappa shape index (κ3) is 12.2. The molecule has 0 amide bonds. The summed E-state index contributed by atoms with van der Waals surface area (Å²) in [6, 6.07) is 28.6. The number of aryl methyl sites for hydroxylation is 8. The minimum Gasteiger partial charge on any atom is -0.508 e. The van der Waals surface area contributed by atoms with Gasteiger partial charge in [-0.1, -0.05) is 48.5 Å². The number of rotatable bonds is 20. The number of hydrogen-bond acceptors (Lipinski definition) is 11. The molecule has 0 heterocycles. The average molecular weight is 1020 g/mol. The number of benzene rings is 7. The van der Waals surface area contributed by atoms with E-state index >= 15 is 0 Å². The van der Waals surface area contributed by atoms with E-state index < -0.39 is 49.6 Å². The lowest BCUT2D eigenvalue weighted by atomic mass is 9.79.